The van der Waals surface area contributed by atoms with Crippen LogP contribution in [0.1, 0.15) is 37.4 Å². The lowest BCUT2D eigenvalue weighted by Gasteiger charge is -2.29. The molecule has 36 heavy (non-hydrogen) atoms. The zero-order valence-corrected chi connectivity index (χ0v) is 21.1. The van der Waals surface area contributed by atoms with E-state index in [1.807, 2.05) is 38.1 Å². The van der Waals surface area contributed by atoms with Crippen LogP contribution in [-0.2, 0) is 14.3 Å². The van der Waals surface area contributed by atoms with Gasteiger partial charge in [0, 0.05) is 18.5 Å². The van der Waals surface area contributed by atoms with Crippen LogP contribution in [0.3, 0.4) is 0 Å². The van der Waals surface area contributed by atoms with E-state index in [2.05, 4.69) is 0 Å². The van der Waals surface area contributed by atoms with Crippen molar-refractivity contribution < 1.29 is 33.8 Å². The Labute approximate surface area is 212 Å². The highest BCUT2D eigenvalue weighted by Gasteiger charge is 2.44. The Bertz CT molecular complexity index is 1090. The molecule has 2 aromatic carbocycles. The summed E-state index contributed by atoms with van der Waals surface area (Å²) in [6.45, 7) is 8.48. The predicted octanol–water partition coefficient (Wildman–Crippen LogP) is 1.01. The molecule has 2 aliphatic heterocycles. The first-order chi connectivity index (χ1) is 17.4. The second-order valence-electron chi connectivity index (χ2n) is 9.40. The molecule has 8 nitrogen and oxygen atoms in total. The number of Topliss-reactive ketones (excluding diaryl/α,β-unsaturated/α-hetero) is 1. The Kier molecular flexibility index (Phi) is 8.28. The Morgan fingerprint density at radius 3 is 2.31 bits per heavy atom. The molecule has 192 valence electrons. The van der Waals surface area contributed by atoms with E-state index in [-0.39, 0.29) is 11.7 Å². The molecule has 2 heterocycles. The highest BCUT2D eigenvalue weighted by Crippen LogP contribution is 2.39. The molecule has 8 heteroatoms. The molecule has 0 radical (unpaired) electrons. The third-order valence-electron chi connectivity index (χ3n) is 6.58. The second-order valence-corrected chi connectivity index (χ2v) is 9.40. The summed E-state index contributed by atoms with van der Waals surface area (Å²) in [5, 5.41) is 13.5. The number of quaternary nitrogens is 1. The number of hydrogen-bond acceptors (Lipinski definition) is 6. The number of carbonyl (C=O) groups is 2. The van der Waals surface area contributed by atoms with Crippen molar-refractivity contribution in [1.82, 2.24) is 4.90 Å². The molecule has 0 bridgehead atoms. The van der Waals surface area contributed by atoms with Crippen LogP contribution in [0.4, 0.5) is 0 Å². The fourth-order valence-electron chi connectivity index (χ4n) is 4.76. The number of benzene rings is 2. The van der Waals surface area contributed by atoms with E-state index in [0.29, 0.717) is 29.2 Å². The van der Waals surface area contributed by atoms with Gasteiger partial charge in [0.25, 0.3) is 5.91 Å². The number of carbonyl (C=O) groups excluding carboxylic acids is 2. The van der Waals surface area contributed by atoms with Crippen LogP contribution in [-0.4, -0.2) is 69.2 Å². The van der Waals surface area contributed by atoms with Crippen molar-refractivity contribution in [2.45, 2.75) is 32.4 Å². The van der Waals surface area contributed by atoms with Gasteiger partial charge in [-0.2, -0.15) is 0 Å². The van der Waals surface area contributed by atoms with Crippen LogP contribution in [0.5, 0.6) is 11.5 Å². The van der Waals surface area contributed by atoms with Crippen molar-refractivity contribution >= 4 is 17.4 Å². The Morgan fingerprint density at radius 1 is 1.06 bits per heavy atom. The molecule has 2 fully saturated rings. The van der Waals surface area contributed by atoms with Gasteiger partial charge in [0.15, 0.2) is 0 Å². The lowest BCUT2D eigenvalue weighted by Crippen LogP contribution is -3.14. The summed E-state index contributed by atoms with van der Waals surface area (Å²) in [5.41, 5.74) is 1.04. The third-order valence-corrected chi connectivity index (χ3v) is 6.58. The monoisotopic (exact) mass is 494 g/mol. The van der Waals surface area contributed by atoms with E-state index in [1.54, 1.807) is 36.3 Å². The van der Waals surface area contributed by atoms with Gasteiger partial charge in [0.1, 0.15) is 24.6 Å². The molecule has 1 amide bonds. The first-order valence-electron chi connectivity index (χ1n) is 12.5. The largest absolute Gasteiger partial charge is 0.872 e. The number of nitrogens with one attached hydrogen (secondary N) is 1. The van der Waals surface area contributed by atoms with Gasteiger partial charge in [0.05, 0.1) is 39.0 Å². The van der Waals surface area contributed by atoms with Crippen LogP contribution in [0.25, 0.3) is 5.76 Å². The van der Waals surface area contributed by atoms with E-state index >= 15 is 0 Å². The highest BCUT2D eigenvalue weighted by molar-refractivity contribution is 6.46. The van der Waals surface area contributed by atoms with Crippen molar-refractivity contribution in [2.75, 3.05) is 46.5 Å². The first-order valence-corrected chi connectivity index (χ1v) is 12.5. The maximum atomic E-state index is 13.5. The van der Waals surface area contributed by atoms with Crippen LogP contribution in [0.15, 0.2) is 54.1 Å². The third kappa shape index (κ3) is 5.71. The van der Waals surface area contributed by atoms with Crippen molar-refractivity contribution in [2.24, 2.45) is 0 Å². The maximum absolute atomic E-state index is 13.5. The van der Waals surface area contributed by atoms with Crippen LogP contribution < -0.4 is 19.5 Å². The molecule has 2 aromatic rings. The molecular weight excluding hydrogens is 460 g/mol. The maximum Gasteiger partial charge on any atom is 0.295 e. The van der Waals surface area contributed by atoms with E-state index < -0.39 is 23.5 Å². The summed E-state index contributed by atoms with van der Waals surface area (Å²) in [7, 11) is 1.55. The van der Waals surface area contributed by atoms with E-state index in [9.17, 15) is 14.7 Å². The van der Waals surface area contributed by atoms with Gasteiger partial charge >= 0.3 is 0 Å². The summed E-state index contributed by atoms with van der Waals surface area (Å²) in [4.78, 5) is 29.3. The van der Waals surface area contributed by atoms with E-state index in [0.717, 1.165) is 39.3 Å². The highest BCUT2D eigenvalue weighted by atomic mass is 16.5. The average molecular weight is 495 g/mol. The van der Waals surface area contributed by atoms with E-state index in [1.165, 1.54) is 4.90 Å². The Balaban J connectivity index is 1.66. The summed E-state index contributed by atoms with van der Waals surface area (Å²) in [5.74, 6) is -0.506. The number of ether oxygens (including phenoxy) is 3. The second kappa shape index (κ2) is 11.6. The molecule has 0 aliphatic carbocycles. The number of ketones is 1. The Hall–Kier alpha value is -3.36. The molecule has 1 atom stereocenters. The minimum absolute atomic E-state index is 0.0126. The molecule has 2 aliphatic rings. The molecule has 1 N–H and O–H groups in total. The van der Waals surface area contributed by atoms with Crippen molar-refractivity contribution in [1.29, 1.82) is 0 Å². The van der Waals surface area contributed by atoms with Gasteiger partial charge in [-0.05, 0) is 49.2 Å². The van der Waals surface area contributed by atoms with Crippen molar-refractivity contribution in [3.63, 3.8) is 0 Å². The lowest BCUT2D eigenvalue weighted by molar-refractivity contribution is -0.908. The van der Waals surface area contributed by atoms with Crippen molar-refractivity contribution in [3.05, 3.63) is 65.2 Å². The van der Waals surface area contributed by atoms with Crippen LogP contribution >= 0.6 is 0 Å². The van der Waals surface area contributed by atoms with Gasteiger partial charge in [-0.3, -0.25) is 9.59 Å². The first kappa shape index (κ1) is 25.7. The predicted molar refractivity (Wildman–Crippen MR) is 133 cm³/mol. The molecular formula is C28H34N2O6. The number of hydrogen-bond donors (Lipinski definition) is 1. The summed E-state index contributed by atoms with van der Waals surface area (Å²) in [6, 6.07) is 13.1. The molecule has 1 unspecified atom stereocenters. The zero-order valence-electron chi connectivity index (χ0n) is 21.1. The topological polar surface area (TPSA) is 92.6 Å². The average Bonchev–Trinajstić information content (AvgIpc) is 3.14. The fraction of sp³-hybridized carbons (Fsp3) is 0.429. The lowest BCUT2D eigenvalue weighted by atomic mass is 9.95. The molecule has 0 saturated carbocycles. The van der Waals surface area contributed by atoms with Crippen LogP contribution in [0.2, 0.25) is 0 Å². The summed E-state index contributed by atoms with van der Waals surface area (Å²) >= 11 is 0. The number of amides is 1. The standard InChI is InChI=1S/C28H34N2O6/c1-19(2)36-23-11-5-20(6-12-23)25-24(26(31)21-7-9-22(34-3)10-8-21)27(32)28(33)30(25)14-4-13-29-15-17-35-18-16-29/h5-12,19,25,31H,4,13-18H2,1-3H3. The number of rotatable bonds is 9. The number of methoxy groups -OCH3 is 1. The van der Waals surface area contributed by atoms with E-state index in [4.69, 9.17) is 14.2 Å². The molecule has 0 aromatic heterocycles. The zero-order chi connectivity index (χ0) is 25.7. The van der Waals surface area contributed by atoms with Gasteiger partial charge in [-0.1, -0.05) is 30.0 Å². The summed E-state index contributed by atoms with van der Waals surface area (Å²) < 4.78 is 16.4. The Morgan fingerprint density at radius 2 is 1.69 bits per heavy atom. The normalized spacial score (nSPS) is 20.2. The number of likely N-dealkylation sites (tertiary alicyclic amines) is 1. The van der Waals surface area contributed by atoms with Crippen LogP contribution in [0, 0.1) is 0 Å². The molecule has 2 saturated heterocycles. The minimum Gasteiger partial charge on any atom is -0.872 e. The van der Waals surface area contributed by atoms with Gasteiger partial charge in [-0.15, -0.1) is 0 Å². The van der Waals surface area contributed by atoms with Gasteiger partial charge in [-0.25, -0.2) is 0 Å². The summed E-state index contributed by atoms with van der Waals surface area (Å²) in [6.07, 6.45) is 0.743. The number of morpholine rings is 1. The molecule has 0 spiro atoms. The van der Waals surface area contributed by atoms with Crippen molar-refractivity contribution in [3.8, 4) is 11.5 Å². The SMILES string of the molecule is COc1ccc(C([O-])=C2C(=O)C(=O)N(CCC[NH+]3CCOCC3)C2c2ccc(OC(C)C)cc2)cc1. The fourth-order valence-corrected chi connectivity index (χ4v) is 4.76. The minimum atomic E-state index is -0.743. The molecule has 4 rings (SSSR count). The van der Waals surface area contributed by atoms with Gasteiger partial charge < -0.3 is 29.1 Å². The van der Waals surface area contributed by atoms with Gasteiger partial charge in [0.2, 0.25) is 5.78 Å². The smallest absolute Gasteiger partial charge is 0.295 e. The quantitative estimate of drug-likeness (QED) is 0.318. The number of nitrogens with zero attached hydrogens (tertiary/aromatic N) is 1.